The third kappa shape index (κ3) is 1.18. The molecule has 3 rings (SSSR count). The van der Waals surface area contributed by atoms with Crippen molar-refractivity contribution in [3.05, 3.63) is 47.2 Å². The molecular weight excluding hydrogens is 204 g/mol. The quantitative estimate of drug-likeness (QED) is 0.409. The van der Waals surface area contributed by atoms with Gasteiger partial charge in [-0.05, 0) is 17.5 Å². The number of benzene rings is 1. The SMILES string of the molecule is COC=C1C(=O)OC2c3ccccc3CC12. The van der Waals surface area contributed by atoms with Gasteiger partial charge in [-0.15, -0.1) is 0 Å². The van der Waals surface area contributed by atoms with Gasteiger partial charge in [-0.3, -0.25) is 0 Å². The van der Waals surface area contributed by atoms with E-state index < -0.39 is 0 Å². The average Bonchev–Trinajstić information content (AvgIpc) is 2.78. The monoisotopic (exact) mass is 216 g/mol. The van der Waals surface area contributed by atoms with E-state index in [1.807, 2.05) is 18.2 Å². The van der Waals surface area contributed by atoms with Gasteiger partial charge in [0.1, 0.15) is 6.10 Å². The summed E-state index contributed by atoms with van der Waals surface area (Å²) in [5.74, 6) is -0.115. The van der Waals surface area contributed by atoms with Gasteiger partial charge in [0.05, 0.1) is 18.9 Å². The van der Waals surface area contributed by atoms with Crippen LogP contribution in [-0.4, -0.2) is 13.1 Å². The molecule has 1 aromatic carbocycles. The predicted octanol–water partition coefficient (Wildman–Crippen LogP) is 1.99. The van der Waals surface area contributed by atoms with Gasteiger partial charge in [-0.2, -0.15) is 0 Å². The molecule has 3 heteroatoms. The molecule has 1 aromatic rings. The zero-order valence-electron chi connectivity index (χ0n) is 8.97. The number of ether oxygens (including phenoxy) is 2. The van der Waals surface area contributed by atoms with Crippen molar-refractivity contribution in [2.24, 2.45) is 5.92 Å². The van der Waals surface area contributed by atoms with Gasteiger partial charge in [0.25, 0.3) is 0 Å². The smallest absolute Gasteiger partial charge is 0.338 e. The largest absolute Gasteiger partial charge is 0.504 e. The van der Waals surface area contributed by atoms with Gasteiger partial charge in [-0.25, -0.2) is 4.79 Å². The highest BCUT2D eigenvalue weighted by Crippen LogP contribution is 2.47. The van der Waals surface area contributed by atoms with Gasteiger partial charge < -0.3 is 9.47 Å². The first-order chi connectivity index (χ1) is 7.81. The second-order valence-electron chi connectivity index (χ2n) is 4.14. The minimum Gasteiger partial charge on any atom is -0.504 e. The Kier molecular flexibility index (Phi) is 1.99. The Labute approximate surface area is 93.7 Å². The Morgan fingerprint density at radius 2 is 2.25 bits per heavy atom. The molecule has 16 heavy (non-hydrogen) atoms. The van der Waals surface area contributed by atoms with Crippen molar-refractivity contribution < 1.29 is 14.3 Å². The van der Waals surface area contributed by atoms with Crippen molar-refractivity contribution in [1.82, 2.24) is 0 Å². The summed E-state index contributed by atoms with van der Waals surface area (Å²) in [7, 11) is 1.55. The molecule has 0 bridgehead atoms. The van der Waals surface area contributed by atoms with Crippen molar-refractivity contribution in [1.29, 1.82) is 0 Å². The summed E-state index contributed by atoms with van der Waals surface area (Å²) in [6.07, 6.45) is 2.27. The number of rotatable bonds is 1. The Bertz CT molecular complexity index is 476. The molecule has 1 aliphatic carbocycles. The molecule has 0 spiro atoms. The highest BCUT2D eigenvalue weighted by Gasteiger charge is 2.46. The average molecular weight is 216 g/mol. The van der Waals surface area contributed by atoms with Gasteiger partial charge in [0, 0.05) is 5.92 Å². The summed E-state index contributed by atoms with van der Waals surface area (Å²) < 4.78 is 10.3. The Hall–Kier alpha value is -1.77. The number of hydrogen-bond acceptors (Lipinski definition) is 3. The zero-order chi connectivity index (χ0) is 11.1. The van der Waals surface area contributed by atoms with E-state index in [4.69, 9.17) is 9.47 Å². The standard InChI is InChI=1S/C13H12O3/c1-15-7-11-10-6-8-4-2-3-5-9(8)12(10)16-13(11)14/h2-5,7,10,12H,6H2,1H3. The van der Waals surface area contributed by atoms with Gasteiger partial charge in [0.2, 0.25) is 0 Å². The van der Waals surface area contributed by atoms with Gasteiger partial charge in [-0.1, -0.05) is 24.3 Å². The van der Waals surface area contributed by atoms with E-state index in [0.29, 0.717) is 5.57 Å². The van der Waals surface area contributed by atoms with Crippen LogP contribution in [0.5, 0.6) is 0 Å². The summed E-state index contributed by atoms with van der Waals surface area (Å²) >= 11 is 0. The molecule has 2 unspecified atom stereocenters. The molecule has 1 saturated heterocycles. The van der Waals surface area contributed by atoms with Crippen LogP contribution < -0.4 is 0 Å². The lowest BCUT2D eigenvalue weighted by atomic mass is 9.98. The molecule has 0 radical (unpaired) electrons. The van der Waals surface area contributed by atoms with E-state index in [9.17, 15) is 4.79 Å². The van der Waals surface area contributed by atoms with Crippen LogP contribution in [-0.2, 0) is 20.7 Å². The maximum atomic E-state index is 11.6. The minimum absolute atomic E-state index is 0.106. The topological polar surface area (TPSA) is 35.5 Å². The van der Waals surface area contributed by atoms with Crippen LogP contribution >= 0.6 is 0 Å². The molecule has 1 heterocycles. The van der Waals surface area contributed by atoms with Crippen LogP contribution in [0, 0.1) is 5.92 Å². The van der Waals surface area contributed by atoms with Crippen molar-refractivity contribution in [2.75, 3.05) is 7.11 Å². The summed E-state index contributed by atoms with van der Waals surface area (Å²) in [5.41, 5.74) is 3.07. The third-order valence-corrected chi connectivity index (χ3v) is 3.28. The molecule has 2 aliphatic rings. The van der Waals surface area contributed by atoms with Crippen LogP contribution in [0.4, 0.5) is 0 Å². The zero-order valence-corrected chi connectivity index (χ0v) is 8.97. The van der Waals surface area contributed by atoms with E-state index in [-0.39, 0.29) is 18.0 Å². The molecule has 0 N–H and O–H groups in total. The van der Waals surface area contributed by atoms with Crippen LogP contribution in [0.3, 0.4) is 0 Å². The first kappa shape index (κ1) is 9.46. The van der Waals surface area contributed by atoms with Gasteiger partial charge >= 0.3 is 5.97 Å². The molecule has 3 nitrogen and oxygen atoms in total. The molecule has 0 aromatic heterocycles. The fourth-order valence-corrected chi connectivity index (χ4v) is 2.57. The first-order valence-corrected chi connectivity index (χ1v) is 5.33. The van der Waals surface area contributed by atoms with Gasteiger partial charge in [0.15, 0.2) is 0 Å². The van der Waals surface area contributed by atoms with E-state index in [0.717, 1.165) is 12.0 Å². The predicted molar refractivity (Wildman–Crippen MR) is 57.6 cm³/mol. The van der Waals surface area contributed by atoms with E-state index in [1.54, 1.807) is 7.11 Å². The van der Waals surface area contributed by atoms with Crippen molar-refractivity contribution in [3.63, 3.8) is 0 Å². The third-order valence-electron chi connectivity index (χ3n) is 3.28. The molecule has 1 fully saturated rings. The summed E-state index contributed by atoms with van der Waals surface area (Å²) in [6, 6.07) is 8.11. The number of carbonyl (C=O) groups excluding carboxylic acids is 1. The molecule has 2 atom stereocenters. The summed E-state index contributed by atoms with van der Waals surface area (Å²) in [4.78, 5) is 11.6. The van der Waals surface area contributed by atoms with Crippen LogP contribution in [0.25, 0.3) is 0 Å². The molecular formula is C13H12O3. The van der Waals surface area contributed by atoms with E-state index in [2.05, 4.69) is 6.07 Å². The highest BCUT2D eigenvalue weighted by atomic mass is 16.6. The lowest BCUT2D eigenvalue weighted by molar-refractivity contribution is -0.139. The fourth-order valence-electron chi connectivity index (χ4n) is 2.57. The lowest BCUT2D eigenvalue weighted by Gasteiger charge is -2.07. The minimum atomic E-state index is -0.244. The fraction of sp³-hybridized carbons (Fsp3) is 0.308. The van der Waals surface area contributed by atoms with Crippen molar-refractivity contribution >= 4 is 5.97 Å². The van der Waals surface area contributed by atoms with Crippen LogP contribution in [0.2, 0.25) is 0 Å². The van der Waals surface area contributed by atoms with Crippen molar-refractivity contribution in [3.8, 4) is 0 Å². The Morgan fingerprint density at radius 1 is 1.44 bits per heavy atom. The van der Waals surface area contributed by atoms with Crippen LogP contribution in [0.1, 0.15) is 17.2 Å². The molecule has 82 valence electrons. The second kappa shape index (κ2) is 3.37. The number of fused-ring (bicyclic) bond motifs is 3. The maximum Gasteiger partial charge on any atom is 0.338 e. The van der Waals surface area contributed by atoms with Crippen molar-refractivity contribution in [2.45, 2.75) is 12.5 Å². The highest BCUT2D eigenvalue weighted by molar-refractivity contribution is 5.92. The second-order valence-corrected chi connectivity index (χ2v) is 4.14. The number of methoxy groups -OCH3 is 1. The summed E-state index contributed by atoms with van der Waals surface area (Å²) in [5, 5.41) is 0. The Morgan fingerprint density at radius 3 is 3.06 bits per heavy atom. The molecule has 0 saturated carbocycles. The number of carbonyl (C=O) groups is 1. The number of esters is 1. The number of hydrogen-bond donors (Lipinski definition) is 0. The lowest BCUT2D eigenvalue weighted by Crippen LogP contribution is -2.03. The summed E-state index contributed by atoms with van der Waals surface area (Å²) in [6.45, 7) is 0. The molecule has 0 amide bonds. The Balaban J connectivity index is 2.03. The van der Waals surface area contributed by atoms with Crippen LogP contribution in [0.15, 0.2) is 36.1 Å². The maximum absolute atomic E-state index is 11.6. The normalized spacial score (nSPS) is 28.8. The molecule has 1 aliphatic heterocycles. The van der Waals surface area contributed by atoms with E-state index >= 15 is 0 Å². The first-order valence-electron chi connectivity index (χ1n) is 5.33. The van der Waals surface area contributed by atoms with E-state index in [1.165, 1.54) is 11.8 Å².